The molecule has 0 fully saturated rings. The first-order chi connectivity index (χ1) is 7.67. The molecule has 0 spiro atoms. The van der Waals surface area contributed by atoms with E-state index >= 15 is 0 Å². The molecule has 1 N–H and O–H groups in total. The molecule has 0 unspecified atom stereocenters. The smallest absolute Gasteiger partial charge is 0.316 e. The largest absolute Gasteiger partial charge is 0.465 e. The molecule has 1 aromatic rings. The molecule has 0 amide bonds. The molecule has 0 aliphatic rings. The van der Waals surface area contributed by atoms with Crippen molar-refractivity contribution in [1.82, 2.24) is 0 Å². The maximum atomic E-state index is 13.4. The van der Waals surface area contributed by atoms with Gasteiger partial charge in [0.05, 0.1) is 19.0 Å². The summed E-state index contributed by atoms with van der Waals surface area (Å²) in [7, 11) is 0. The maximum absolute atomic E-state index is 13.4. The zero-order valence-electron chi connectivity index (χ0n) is 8.90. The van der Waals surface area contributed by atoms with Crippen LogP contribution in [0, 0.1) is 5.82 Å². The summed E-state index contributed by atoms with van der Waals surface area (Å²) in [5, 5.41) is 8.79. The number of ether oxygens (including phenoxy) is 1. The van der Waals surface area contributed by atoms with Crippen molar-refractivity contribution in [2.45, 2.75) is 18.4 Å². The first-order valence-corrected chi connectivity index (χ1v) is 5.83. The van der Waals surface area contributed by atoms with Crippen LogP contribution in [-0.4, -0.2) is 23.4 Å². The predicted octanol–water partition coefficient (Wildman–Crippen LogP) is 1.97. The van der Waals surface area contributed by atoms with E-state index in [0.29, 0.717) is 17.1 Å². The van der Waals surface area contributed by atoms with Crippen molar-refractivity contribution in [1.29, 1.82) is 0 Å². The molecule has 0 heterocycles. The Morgan fingerprint density at radius 3 is 2.88 bits per heavy atom. The zero-order chi connectivity index (χ0) is 12.0. The van der Waals surface area contributed by atoms with Crippen LogP contribution in [0.4, 0.5) is 4.39 Å². The van der Waals surface area contributed by atoms with E-state index in [1.807, 2.05) is 0 Å². The van der Waals surface area contributed by atoms with E-state index in [-0.39, 0.29) is 18.3 Å². The summed E-state index contributed by atoms with van der Waals surface area (Å²) in [6.07, 6.45) is 0. The number of hydrogen-bond acceptors (Lipinski definition) is 4. The third kappa shape index (κ3) is 3.83. The number of aliphatic hydroxyl groups is 1. The van der Waals surface area contributed by atoms with Crippen molar-refractivity contribution < 1.29 is 19.0 Å². The molecule has 0 aliphatic carbocycles. The predicted molar refractivity (Wildman–Crippen MR) is 59.7 cm³/mol. The Morgan fingerprint density at radius 1 is 1.56 bits per heavy atom. The molecule has 3 nitrogen and oxygen atoms in total. The van der Waals surface area contributed by atoms with Crippen LogP contribution in [0.25, 0.3) is 0 Å². The van der Waals surface area contributed by atoms with Crippen LogP contribution in [0.1, 0.15) is 12.5 Å². The minimum Gasteiger partial charge on any atom is -0.465 e. The van der Waals surface area contributed by atoms with E-state index in [0.717, 1.165) is 11.8 Å². The van der Waals surface area contributed by atoms with Gasteiger partial charge in [0.25, 0.3) is 0 Å². The van der Waals surface area contributed by atoms with Gasteiger partial charge in [0.1, 0.15) is 5.82 Å². The molecule has 0 radical (unpaired) electrons. The Kier molecular flexibility index (Phi) is 5.28. The van der Waals surface area contributed by atoms with E-state index < -0.39 is 5.82 Å². The normalized spacial score (nSPS) is 10.2. The van der Waals surface area contributed by atoms with Gasteiger partial charge in [-0.15, -0.1) is 11.8 Å². The standard InChI is InChI=1S/C11H13FO3S/c1-2-15-11(14)7-16-10-4-3-8(6-13)5-9(10)12/h3-5,13H,2,6-7H2,1H3. The summed E-state index contributed by atoms with van der Waals surface area (Å²) < 4.78 is 18.1. The second-order valence-corrected chi connectivity index (χ2v) is 4.03. The van der Waals surface area contributed by atoms with Crippen molar-refractivity contribution in [3.05, 3.63) is 29.6 Å². The SMILES string of the molecule is CCOC(=O)CSc1ccc(CO)cc1F. The van der Waals surface area contributed by atoms with Crippen LogP contribution < -0.4 is 0 Å². The van der Waals surface area contributed by atoms with Crippen molar-refractivity contribution in [2.75, 3.05) is 12.4 Å². The molecule has 5 heteroatoms. The molecule has 0 aliphatic heterocycles. The third-order valence-corrected chi connectivity index (χ3v) is 2.85. The average Bonchev–Trinajstić information content (AvgIpc) is 2.27. The van der Waals surface area contributed by atoms with Gasteiger partial charge in [-0.25, -0.2) is 4.39 Å². The van der Waals surface area contributed by atoms with Gasteiger partial charge >= 0.3 is 5.97 Å². The van der Waals surface area contributed by atoms with E-state index in [4.69, 9.17) is 9.84 Å². The Hall–Kier alpha value is -1.07. The summed E-state index contributed by atoms with van der Waals surface area (Å²) in [6, 6.07) is 4.43. The highest BCUT2D eigenvalue weighted by Crippen LogP contribution is 2.22. The minimum atomic E-state index is -0.430. The zero-order valence-corrected chi connectivity index (χ0v) is 9.72. The van der Waals surface area contributed by atoms with Gasteiger partial charge < -0.3 is 9.84 Å². The fraction of sp³-hybridized carbons (Fsp3) is 0.364. The Labute approximate surface area is 97.6 Å². The van der Waals surface area contributed by atoms with Crippen LogP contribution in [0.15, 0.2) is 23.1 Å². The van der Waals surface area contributed by atoms with Crippen molar-refractivity contribution in [3.63, 3.8) is 0 Å². The first-order valence-electron chi connectivity index (χ1n) is 4.85. The Balaban J connectivity index is 2.57. The Morgan fingerprint density at radius 2 is 2.31 bits per heavy atom. The van der Waals surface area contributed by atoms with Crippen LogP contribution in [0.5, 0.6) is 0 Å². The lowest BCUT2D eigenvalue weighted by Gasteiger charge is -2.04. The van der Waals surface area contributed by atoms with E-state index in [1.165, 1.54) is 6.07 Å². The molecule has 0 aromatic heterocycles. The molecule has 1 rings (SSSR count). The van der Waals surface area contributed by atoms with Crippen LogP contribution in [0.3, 0.4) is 0 Å². The fourth-order valence-electron chi connectivity index (χ4n) is 1.10. The molecule has 88 valence electrons. The van der Waals surface area contributed by atoms with E-state index in [1.54, 1.807) is 19.1 Å². The Bertz CT molecular complexity index is 368. The molecule has 0 saturated carbocycles. The highest BCUT2D eigenvalue weighted by atomic mass is 32.2. The fourth-order valence-corrected chi connectivity index (χ4v) is 1.82. The summed E-state index contributed by atoms with van der Waals surface area (Å²) >= 11 is 1.08. The highest BCUT2D eigenvalue weighted by Gasteiger charge is 2.07. The number of aliphatic hydroxyl groups excluding tert-OH is 1. The summed E-state index contributed by atoms with van der Waals surface area (Å²) in [6.45, 7) is 1.85. The van der Waals surface area contributed by atoms with Gasteiger partial charge in [0, 0.05) is 4.90 Å². The van der Waals surface area contributed by atoms with Gasteiger partial charge in [-0.05, 0) is 24.6 Å². The second-order valence-electron chi connectivity index (χ2n) is 3.02. The van der Waals surface area contributed by atoms with Crippen LogP contribution >= 0.6 is 11.8 Å². The van der Waals surface area contributed by atoms with E-state index in [9.17, 15) is 9.18 Å². The number of hydrogen-bond donors (Lipinski definition) is 1. The number of halogens is 1. The lowest BCUT2D eigenvalue weighted by molar-refractivity contribution is -0.139. The van der Waals surface area contributed by atoms with Crippen molar-refractivity contribution >= 4 is 17.7 Å². The second kappa shape index (κ2) is 6.50. The molecule has 0 bridgehead atoms. The molecule has 0 atom stereocenters. The van der Waals surface area contributed by atoms with Gasteiger partial charge in [0.15, 0.2) is 0 Å². The van der Waals surface area contributed by atoms with Gasteiger partial charge in [-0.2, -0.15) is 0 Å². The number of carbonyl (C=O) groups excluding carboxylic acids is 1. The molecule has 0 saturated heterocycles. The number of esters is 1. The maximum Gasteiger partial charge on any atom is 0.316 e. The number of benzene rings is 1. The molecular formula is C11H13FO3S. The van der Waals surface area contributed by atoms with Crippen LogP contribution in [-0.2, 0) is 16.1 Å². The monoisotopic (exact) mass is 244 g/mol. The number of rotatable bonds is 5. The summed E-state index contributed by atoms with van der Waals surface area (Å²) in [5.41, 5.74) is 0.512. The van der Waals surface area contributed by atoms with Gasteiger partial charge in [0.2, 0.25) is 0 Å². The first kappa shape index (κ1) is 13.0. The van der Waals surface area contributed by atoms with Gasteiger partial charge in [-0.3, -0.25) is 4.79 Å². The molecule has 16 heavy (non-hydrogen) atoms. The molecule has 1 aromatic carbocycles. The number of carbonyl (C=O) groups is 1. The van der Waals surface area contributed by atoms with Crippen LogP contribution in [0.2, 0.25) is 0 Å². The average molecular weight is 244 g/mol. The summed E-state index contributed by atoms with van der Waals surface area (Å²) in [5.74, 6) is -0.706. The molecular weight excluding hydrogens is 231 g/mol. The van der Waals surface area contributed by atoms with E-state index in [2.05, 4.69) is 0 Å². The lowest BCUT2D eigenvalue weighted by atomic mass is 10.2. The summed E-state index contributed by atoms with van der Waals surface area (Å²) in [4.78, 5) is 11.4. The third-order valence-electron chi connectivity index (χ3n) is 1.83. The highest BCUT2D eigenvalue weighted by molar-refractivity contribution is 8.00. The number of thioether (sulfide) groups is 1. The minimum absolute atomic E-state index is 0.0865. The van der Waals surface area contributed by atoms with Crippen molar-refractivity contribution in [3.8, 4) is 0 Å². The lowest BCUT2D eigenvalue weighted by Crippen LogP contribution is -2.06. The quantitative estimate of drug-likeness (QED) is 0.635. The van der Waals surface area contributed by atoms with Gasteiger partial charge in [-0.1, -0.05) is 6.07 Å². The van der Waals surface area contributed by atoms with Crippen molar-refractivity contribution in [2.24, 2.45) is 0 Å². The topological polar surface area (TPSA) is 46.5 Å².